The van der Waals surface area contributed by atoms with Crippen molar-refractivity contribution in [3.63, 3.8) is 0 Å². The average Bonchev–Trinajstić information content (AvgIpc) is 3.07. The van der Waals surface area contributed by atoms with Crippen LogP contribution in [0.3, 0.4) is 0 Å². The molecule has 1 fully saturated rings. The van der Waals surface area contributed by atoms with Crippen molar-refractivity contribution in [2.24, 2.45) is 0 Å². The van der Waals surface area contributed by atoms with Crippen LogP contribution in [0.4, 0.5) is 4.79 Å². The summed E-state index contributed by atoms with van der Waals surface area (Å²) in [7, 11) is -3.80. The van der Waals surface area contributed by atoms with Gasteiger partial charge in [-0.25, -0.2) is 14.8 Å². The molecule has 32 heavy (non-hydrogen) atoms. The molecule has 2 aromatic rings. The van der Waals surface area contributed by atoms with Crippen LogP contribution in [0.1, 0.15) is 39.9 Å². The van der Waals surface area contributed by atoms with Gasteiger partial charge in [0, 0.05) is 12.0 Å². The highest BCUT2D eigenvalue weighted by molar-refractivity contribution is 7.86. The monoisotopic (exact) mass is 457 g/mol. The summed E-state index contributed by atoms with van der Waals surface area (Å²) in [5.74, 6) is -0.645. The smallest absolute Gasteiger partial charge is 0.276 e. The Hall–Kier alpha value is -3.24. The zero-order chi connectivity index (χ0) is 22.9. The molecule has 2 aliphatic heterocycles. The van der Waals surface area contributed by atoms with Gasteiger partial charge in [-0.05, 0) is 49.1 Å². The molecule has 0 spiro atoms. The lowest BCUT2D eigenvalue weighted by molar-refractivity contribution is -0.123. The normalized spacial score (nSPS) is 16.3. The van der Waals surface area contributed by atoms with E-state index in [2.05, 4.69) is 5.32 Å². The second kappa shape index (κ2) is 8.71. The zero-order valence-corrected chi connectivity index (χ0v) is 18.4. The molecule has 0 aliphatic carbocycles. The molecule has 168 valence electrons. The number of fused-ring (bicyclic) bond motifs is 1. The van der Waals surface area contributed by atoms with E-state index in [0.29, 0.717) is 18.4 Å². The highest BCUT2D eigenvalue weighted by Crippen LogP contribution is 2.26. The maximum atomic E-state index is 12.7. The predicted molar refractivity (Wildman–Crippen MR) is 114 cm³/mol. The SMILES string of the molecule is Cc1ccc(S(=O)(=O)OCCCc2ccc3c(c2)CN(N2CCC(=O)NC2=O)C3=O)cc1. The molecule has 0 aromatic heterocycles. The number of amides is 4. The first-order valence-electron chi connectivity index (χ1n) is 10.3. The highest BCUT2D eigenvalue weighted by atomic mass is 32.2. The van der Waals surface area contributed by atoms with Crippen molar-refractivity contribution in [1.82, 2.24) is 15.3 Å². The van der Waals surface area contributed by atoms with E-state index in [9.17, 15) is 22.8 Å². The highest BCUT2D eigenvalue weighted by Gasteiger charge is 2.36. The van der Waals surface area contributed by atoms with Crippen LogP contribution in [0.15, 0.2) is 47.4 Å². The zero-order valence-electron chi connectivity index (χ0n) is 17.5. The van der Waals surface area contributed by atoms with E-state index in [0.717, 1.165) is 16.7 Å². The molecule has 1 saturated heterocycles. The molecule has 4 amide bonds. The van der Waals surface area contributed by atoms with Crippen molar-refractivity contribution in [3.05, 3.63) is 64.7 Å². The molecule has 0 radical (unpaired) electrons. The Labute approximate surface area is 186 Å². The number of nitrogens with zero attached hydrogens (tertiary/aromatic N) is 2. The average molecular weight is 458 g/mol. The molecule has 2 aromatic carbocycles. The summed E-state index contributed by atoms with van der Waals surface area (Å²) in [5.41, 5.74) is 3.20. The molecule has 0 atom stereocenters. The third-order valence-electron chi connectivity index (χ3n) is 5.44. The van der Waals surface area contributed by atoms with Gasteiger partial charge >= 0.3 is 6.03 Å². The third-order valence-corrected chi connectivity index (χ3v) is 6.76. The topological polar surface area (TPSA) is 113 Å². The molecule has 0 unspecified atom stereocenters. The lowest BCUT2D eigenvalue weighted by Crippen LogP contribution is -2.56. The number of benzene rings is 2. The summed E-state index contributed by atoms with van der Waals surface area (Å²) < 4.78 is 29.6. The van der Waals surface area contributed by atoms with E-state index >= 15 is 0 Å². The molecule has 9 nitrogen and oxygen atoms in total. The number of aryl methyl sites for hydroxylation is 2. The number of urea groups is 1. The van der Waals surface area contributed by atoms with E-state index in [1.165, 1.54) is 22.2 Å². The van der Waals surface area contributed by atoms with E-state index in [1.54, 1.807) is 18.2 Å². The van der Waals surface area contributed by atoms with E-state index in [-0.39, 0.29) is 42.8 Å². The van der Waals surface area contributed by atoms with Gasteiger partial charge < -0.3 is 0 Å². The minimum atomic E-state index is -3.80. The number of carbonyl (C=O) groups excluding carboxylic acids is 3. The van der Waals surface area contributed by atoms with E-state index in [1.807, 2.05) is 19.1 Å². The van der Waals surface area contributed by atoms with Gasteiger partial charge in [0.15, 0.2) is 0 Å². The van der Waals surface area contributed by atoms with Crippen LogP contribution in [0, 0.1) is 6.92 Å². The van der Waals surface area contributed by atoms with Crippen LogP contribution < -0.4 is 5.32 Å². The quantitative estimate of drug-likeness (QED) is 0.504. The van der Waals surface area contributed by atoms with Crippen LogP contribution >= 0.6 is 0 Å². The summed E-state index contributed by atoms with van der Waals surface area (Å²) in [6, 6.07) is 11.3. The largest absolute Gasteiger partial charge is 0.342 e. The lowest BCUT2D eigenvalue weighted by atomic mass is 10.0. The van der Waals surface area contributed by atoms with Crippen LogP contribution in [0.25, 0.3) is 0 Å². The van der Waals surface area contributed by atoms with Gasteiger partial charge in [0.25, 0.3) is 16.0 Å². The molecular formula is C22H23N3O6S. The summed E-state index contributed by atoms with van der Waals surface area (Å²) >= 11 is 0. The number of carbonyl (C=O) groups is 3. The molecule has 0 saturated carbocycles. The molecule has 2 heterocycles. The van der Waals surface area contributed by atoms with Gasteiger partial charge in [0.1, 0.15) is 0 Å². The van der Waals surface area contributed by atoms with Gasteiger partial charge in [0.2, 0.25) is 5.91 Å². The predicted octanol–water partition coefficient (Wildman–Crippen LogP) is 2.15. The third kappa shape index (κ3) is 4.51. The van der Waals surface area contributed by atoms with E-state index in [4.69, 9.17) is 4.18 Å². The van der Waals surface area contributed by atoms with Crippen LogP contribution in [-0.2, 0) is 32.1 Å². The van der Waals surface area contributed by atoms with Gasteiger partial charge in [-0.1, -0.05) is 29.8 Å². The number of hydrogen-bond acceptors (Lipinski definition) is 6. The molecular weight excluding hydrogens is 434 g/mol. The molecule has 4 rings (SSSR count). The first kappa shape index (κ1) is 22.0. The van der Waals surface area contributed by atoms with Gasteiger partial charge in [-0.3, -0.25) is 19.1 Å². The number of hydrazine groups is 1. The van der Waals surface area contributed by atoms with Gasteiger partial charge in [0.05, 0.1) is 24.6 Å². The Morgan fingerprint density at radius 1 is 1.03 bits per heavy atom. The van der Waals surface area contributed by atoms with E-state index < -0.39 is 16.1 Å². The maximum Gasteiger partial charge on any atom is 0.342 e. The fraction of sp³-hybridized carbons (Fsp3) is 0.318. The number of imide groups is 1. The first-order chi connectivity index (χ1) is 15.2. The van der Waals surface area contributed by atoms with Crippen molar-refractivity contribution in [3.8, 4) is 0 Å². The minimum Gasteiger partial charge on any atom is -0.276 e. The summed E-state index contributed by atoms with van der Waals surface area (Å²) in [6.07, 6.45) is 1.20. The molecule has 1 N–H and O–H groups in total. The van der Waals surface area contributed by atoms with Gasteiger partial charge in [-0.2, -0.15) is 8.42 Å². The molecule has 0 bridgehead atoms. The Bertz CT molecular complexity index is 1180. The second-order valence-electron chi connectivity index (χ2n) is 7.77. The Kier molecular flexibility index (Phi) is 5.98. The number of hydrogen-bond donors (Lipinski definition) is 1. The maximum absolute atomic E-state index is 12.7. The minimum absolute atomic E-state index is 0.0420. The second-order valence-corrected chi connectivity index (χ2v) is 9.39. The van der Waals surface area contributed by atoms with Crippen molar-refractivity contribution < 1.29 is 27.0 Å². The van der Waals surface area contributed by atoms with Crippen molar-refractivity contribution in [2.45, 2.75) is 37.6 Å². The summed E-state index contributed by atoms with van der Waals surface area (Å²) in [6.45, 7) is 2.31. The van der Waals surface area contributed by atoms with Crippen LogP contribution in [-0.4, -0.2) is 49.4 Å². The molecule has 2 aliphatic rings. The Balaban J connectivity index is 1.34. The fourth-order valence-corrected chi connectivity index (χ4v) is 4.66. The van der Waals surface area contributed by atoms with Gasteiger partial charge in [-0.15, -0.1) is 0 Å². The van der Waals surface area contributed by atoms with Crippen molar-refractivity contribution in [2.75, 3.05) is 13.2 Å². The Morgan fingerprint density at radius 2 is 1.78 bits per heavy atom. The standard InChI is InChI=1S/C22H23N3O6S/c1-15-4-7-18(8-5-15)32(29,30)31-12-2-3-16-6-9-19-17(13-16)14-25(21(19)27)24-11-10-20(26)23-22(24)28/h4-9,13H,2-3,10-12,14H2,1H3,(H,23,26,28). The first-order valence-corrected chi connectivity index (χ1v) is 11.7. The number of nitrogens with one attached hydrogen (secondary N) is 1. The van der Waals surface area contributed by atoms with Crippen LogP contribution in [0.2, 0.25) is 0 Å². The van der Waals surface area contributed by atoms with Crippen LogP contribution in [0.5, 0.6) is 0 Å². The Morgan fingerprint density at radius 3 is 2.50 bits per heavy atom. The van der Waals surface area contributed by atoms with Crippen molar-refractivity contribution in [1.29, 1.82) is 0 Å². The summed E-state index contributed by atoms with van der Waals surface area (Å²) in [5, 5.41) is 4.81. The summed E-state index contributed by atoms with van der Waals surface area (Å²) in [4.78, 5) is 36.2. The van der Waals surface area contributed by atoms with Crippen molar-refractivity contribution >= 4 is 28.0 Å². The fourth-order valence-electron chi connectivity index (χ4n) is 3.71. The number of rotatable bonds is 7. The molecule has 10 heteroatoms. The lowest BCUT2D eigenvalue weighted by Gasteiger charge is -2.33.